The van der Waals surface area contributed by atoms with Gasteiger partial charge in [0.1, 0.15) is 5.54 Å². The second kappa shape index (κ2) is 5.09. The van der Waals surface area contributed by atoms with E-state index in [1.807, 2.05) is 6.92 Å². The Morgan fingerprint density at radius 1 is 1.47 bits per heavy atom. The fourth-order valence-electron chi connectivity index (χ4n) is 2.25. The normalized spacial score (nSPS) is 24.9. The van der Waals surface area contributed by atoms with Gasteiger partial charge in [0.2, 0.25) is 0 Å². The van der Waals surface area contributed by atoms with Crippen molar-refractivity contribution in [3.8, 4) is 11.5 Å². The zero-order chi connectivity index (χ0) is 14.0. The molecule has 0 aliphatic heterocycles. The van der Waals surface area contributed by atoms with Gasteiger partial charge in [0, 0.05) is 11.5 Å². The van der Waals surface area contributed by atoms with E-state index in [9.17, 15) is 9.90 Å². The molecule has 5 nitrogen and oxygen atoms in total. The molecule has 0 heterocycles. The molecule has 0 radical (unpaired) electrons. The highest BCUT2D eigenvalue weighted by Crippen LogP contribution is 2.54. The number of rotatable bonds is 5. The lowest BCUT2D eigenvalue weighted by atomic mass is 10.0. The molecule has 1 aliphatic rings. The Morgan fingerprint density at radius 3 is 2.84 bits per heavy atom. The molecule has 19 heavy (non-hydrogen) atoms. The number of phenols is 1. The quantitative estimate of drug-likeness (QED) is 0.789. The summed E-state index contributed by atoms with van der Waals surface area (Å²) < 4.78 is 10.3. The Labute approximate surface area is 112 Å². The van der Waals surface area contributed by atoms with Crippen molar-refractivity contribution in [3.63, 3.8) is 0 Å². The average Bonchev–Trinajstić information content (AvgIpc) is 3.06. The van der Waals surface area contributed by atoms with Crippen LogP contribution in [0.15, 0.2) is 18.2 Å². The second-order valence-electron chi connectivity index (χ2n) is 4.64. The summed E-state index contributed by atoms with van der Waals surface area (Å²) in [5.74, 6) is -0.155. The molecule has 2 unspecified atom stereocenters. The molecular formula is C14H19NO4. The third kappa shape index (κ3) is 2.38. The lowest BCUT2D eigenvalue weighted by Gasteiger charge is -2.13. The van der Waals surface area contributed by atoms with Crippen molar-refractivity contribution in [2.24, 2.45) is 5.73 Å². The molecule has 1 aliphatic carbocycles. The zero-order valence-electron chi connectivity index (χ0n) is 11.2. The number of benzene rings is 1. The van der Waals surface area contributed by atoms with E-state index >= 15 is 0 Å². The molecule has 1 aromatic rings. The largest absolute Gasteiger partial charge is 0.504 e. The standard InChI is InChI=1S/C14H19NO4/c1-3-18-11-7-5-6-9(12(11)16)10-8-14(10,15)13(17)19-4-2/h5-7,10,16H,3-4,8,15H2,1-2H3. The average molecular weight is 265 g/mol. The maximum atomic E-state index is 11.8. The highest BCUT2D eigenvalue weighted by molar-refractivity contribution is 5.87. The second-order valence-corrected chi connectivity index (χ2v) is 4.64. The number of para-hydroxylation sites is 1. The predicted octanol–water partition coefficient (Wildman–Crippen LogP) is 1.54. The Balaban J connectivity index is 2.21. The van der Waals surface area contributed by atoms with Gasteiger partial charge in [-0.15, -0.1) is 0 Å². The first-order valence-corrected chi connectivity index (χ1v) is 6.45. The minimum atomic E-state index is -1.02. The van der Waals surface area contributed by atoms with Crippen LogP contribution in [0.4, 0.5) is 0 Å². The number of phenolic OH excluding ortho intramolecular Hbond substituents is 1. The van der Waals surface area contributed by atoms with Gasteiger partial charge in [-0.3, -0.25) is 4.79 Å². The number of nitrogens with two attached hydrogens (primary N) is 1. The summed E-state index contributed by atoms with van der Waals surface area (Å²) in [7, 11) is 0. The third-order valence-electron chi connectivity index (χ3n) is 3.36. The monoisotopic (exact) mass is 265 g/mol. The minimum Gasteiger partial charge on any atom is -0.504 e. The van der Waals surface area contributed by atoms with Gasteiger partial charge in [0.15, 0.2) is 11.5 Å². The topological polar surface area (TPSA) is 81.8 Å². The maximum absolute atomic E-state index is 11.8. The van der Waals surface area contributed by atoms with Crippen LogP contribution < -0.4 is 10.5 Å². The molecule has 1 fully saturated rings. The summed E-state index contributed by atoms with van der Waals surface area (Å²) >= 11 is 0. The highest BCUT2D eigenvalue weighted by atomic mass is 16.5. The van der Waals surface area contributed by atoms with Crippen molar-refractivity contribution >= 4 is 5.97 Å². The van der Waals surface area contributed by atoms with Crippen molar-refractivity contribution in [1.82, 2.24) is 0 Å². The van der Waals surface area contributed by atoms with Crippen LogP contribution in [-0.2, 0) is 9.53 Å². The van der Waals surface area contributed by atoms with Crippen molar-refractivity contribution in [1.29, 1.82) is 0 Å². The van der Waals surface area contributed by atoms with E-state index in [1.54, 1.807) is 25.1 Å². The van der Waals surface area contributed by atoms with Gasteiger partial charge in [-0.25, -0.2) is 0 Å². The smallest absolute Gasteiger partial charge is 0.326 e. The van der Waals surface area contributed by atoms with Crippen LogP contribution >= 0.6 is 0 Å². The van der Waals surface area contributed by atoms with Crippen LogP contribution in [0.1, 0.15) is 31.7 Å². The first kappa shape index (κ1) is 13.7. The van der Waals surface area contributed by atoms with Gasteiger partial charge >= 0.3 is 5.97 Å². The SMILES string of the molecule is CCOC(=O)C1(N)CC1c1cccc(OCC)c1O. The fraction of sp³-hybridized carbons (Fsp3) is 0.500. The van der Waals surface area contributed by atoms with Gasteiger partial charge in [-0.05, 0) is 26.3 Å². The summed E-state index contributed by atoms with van der Waals surface area (Å²) in [4.78, 5) is 11.8. The van der Waals surface area contributed by atoms with Crippen molar-refractivity contribution in [3.05, 3.63) is 23.8 Å². The molecule has 0 spiro atoms. The molecule has 0 aromatic heterocycles. The minimum absolute atomic E-state index is 0.0611. The molecule has 0 saturated heterocycles. The Bertz CT molecular complexity index is 488. The Hall–Kier alpha value is -1.75. The lowest BCUT2D eigenvalue weighted by molar-refractivity contribution is -0.146. The van der Waals surface area contributed by atoms with Gasteiger partial charge < -0.3 is 20.3 Å². The number of hydrogen-bond donors (Lipinski definition) is 2. The van der Waals surface area contributed by atoms with E-state index in [4.69, 9.17) is 15.2 Å². The van der Waals surface area contributed by atoms with E-state index in [0.717, 1.165) is 0 Å². The number of aromatic hydroxyl groups is 1. The molecule has 2 atom stereocenters. The van der Waals surface area contributed by atoms with E-state index in [1.165, 1.54) is 0 Å². The van der Waals surface area contributed by atoms with Gasteiger partial charge in [-0.2, -0.15) is 0 Å². The van der Waals surface area contributed by atoms with Crippen LogP contribution in [0.3, 0.4) is 0 Å². The van der Waals surface area contributed by atoms with E-state index < -0.39 is 11.5 Å². The molecule has 0 amide bonds. The summed E-state index contributed by atoms with van der Waals surface area (Å²) in [6.07, 6.45) is 0.481. The third-order valence-corrected chi connectivity index (χ3v) is 3.36. The summed E-state index contributed by atoms with van der Waals surface area (Å²) in [5, 5.41) is 10.1. The lowest BCUT2D eigenvalue weighted by Crippen LogP contribution is -2.36. The molecule has 104 valence electrons. The van der Waals surface area contributed by atoms with Crippen molar-refractivity contribution in [2.45, 2.75) is 31.7 Å². The summed E-state index contributed by atoms with van der Waals surface area (Å²) in [5.41, 5.74) is 5.64. The number of hydrogen-bond acceptors (Lipinski definition) is 5. The number of carbonyl (C=O) groups excluding carboxylic acids is 1. The first-order chi connectivity index (χ1) is 9.04. The maximum Gasteiger partial charge on any atom is 0.326 e. The van der Waals surface area contributed by atoms with E-state index in [0.29, 0.717) is 30.9 Å². The van der Waals surface area contributed by atoms with Gasteiger partial charge in [-0.1, -0.05) is 12.1 Å². The molecule has 1 saturated carbocycles. The van der Waals surface area contributed by atoms with Crippen LogP contribution in [0.25, 0.3) is 0 Å². The van der Waals surface area contributed by atoms with Crippen LogP contribution in [0.2, 0.25) is 0 Å². The van der Waals surface area contributed by atoms with Crippen LogP contribution in [0, 0.1) is 0 Å². The molecule has 5 heteroatoms. The van der Waals surface area contributed by atoms with Crippen LogP contribution in [0.5, 0.6) is 11.5 Å². The molecule has 1 aromatic carbocycles. The molecule has 2 rings (SSSR count). The highest BCUT2D eigenvalue weighted by Gasteiger charge is 2.60. The number of carbonyl (C=O) groups is 1. The molecule has 3 N–H and O–H groups in total. The Morgan fingerprint density at radius 2 is 2.21 bits per heavy atom. The van der Waals surface area contributed by atoms with E-state index in [2.05, 4.69) is 0 Å². The fourth-order valence-corrected chi connectivity index (χ4v) is 2.25. The van der Waals surface area contributed by atoms with Crippen molar-refractivity contribution in [2.75, 3.05) is 13.2 Å². The predicted molar refractivity (Wildman–Crippen MR) is 70.2 cm³/mol. The van der Waals surface area contributed by atoms with Gasteiger partial charge in [0.25, 0.3) is 0 Å². The number of esters is 1. The van der Waals surface area contributed by atoms with Crippen LogP contribution in [-0.4, -0.2) is 29.8 Å². The summed E-state index contributed by atoms with van der Waals surface area (Å²) in [6.45, 7) is 4.35. The summed E-state index contributed by atoms with van der Waals surface area (Å²) in [6, 6.07) is 5.23. The molecule has 0 bridgehead atoms. The molecular weight excluding hydrogens is 246 g/mol. The van der Waals surface area contributed by atoms with Crippen molar-refractivity contribution < 1.29 is 19.4 Å². The Kier molecular flexibility index (Phi) is 3.66. The van der Waals surface area contributed by atoms with Gasteiger partial charge in [0.05, 0.1) is 13.2 Å². The van der Waals surface area contributed by atoms with E-state index in [-0.39, 0.29) is 11.7 Å². The number of ether oxygens (including phenoxy) is 2. The zero-order valence-corrected chi connectivity index (χ0v) is 11.2. The first-order valence-electron chi connectivity index (χ1n) is 6.45.